The summed E-state index contributed by atoms with van der Waals surface area (Å²) in [4.78, 5) is 19.1. The third-order valence-electron chi connectivity index (χ3n) is 2.49. The number of para-hydroxylation sites is 1. The van der Waals surface area contributed by atoms with Gasteiger partial charge >= 0.3 is 0 Å². The van der Waals surface area contributed by atoms with Gasteiger partial charge in [-0.3, -0.25) is 10.1 Å². The van der Waals surface area contributed by atoms with E-state index < -0.39 is 0 Å². The number of thiazole rings is 1. The van der Waals surface area contributed by atoms with Crippen molar-refractivity contribution < 1.29 is 4.79 Å². The summed E-state index contributed by atoms with van der Waals surface area (Å²) >= 11 is 1.40. The second-order valence-corrected chi connectivity index (χ2v) is 4.43. The fourth-order valence-corrected chi connectivity index (χ4v) is 2.23. The summed E-state index contributed by atoms with van der Waals surface area (Å²) in [5.74, 6) is -0.141. The number of aromatic amines is 1. The summed E-state index contributed by atoms with van der Waals surface area (Å²) in [7, 11) is 0. The molecule has 2 heterocycles. The van der Waals surface area contributed by atoms with E-state index in [1.165, 1.54) is 11.3 Å². The molecule has 17 heavy (non-hydrogen) atoms. The van der Waals surface area contributed by atoms with E-state index in [0.29, 0.717) is 10.7 Å². The molecule has 2 N–H and O–H groups in total. The van der Waals surface area contributed by atoms with E-state index >= 15 is 0 Å². The van der Waals surface area contributed by atoms with Crippen molar-refractivity contribution in [2.75, 3.05) is 5.32 Å². The Hall–Kier alpha value is -2.14. The molecule has 1 amide bonds. The molecular weight excluding hydrogens is 234 g/mol. The van der Waals surface area contributed by atoms with Crippen molar-refractivity contribution in [3.63, 3.8) is 0 Å². The van der Waals surface area contributed by atoms with E-state index in [-0.39, 0.29) is 5.91 Å². The molecule has 3 rings (SSSR count). The van der Waals surface area contributed by atoms with Crippen molar-refractivity contribution in [2.24, 2.45) is 0 Å². The number of hydrogen-bond donors (Lipinski definition) is 2. The molecule has 0 saturated heterocycles. The highest BCUT2D eigenvalue weighted by Crippen LogP contribution is 2.19. The van der Waals surface area contributed by atoms with Crippen molar-refractivity contribution in [1.29, 1.82) is 0 Å². The number of anilines is 1. The molecule has 0 saturated carbocycles. The van der Waals surface area contributed by atoms with E-state index in [0.717, 1.165) is 10.9 Å². The van der Waals surface area contributed by atoms with Crippen molar-refractivity contribution in [3.8, 4) is 0 Å². The Labute approximate surface area is 101 Å². The number of benzene rings is 1. The number of nitrogens with one attached hydrogen (secondary N) is 2. The molecule has 0 aliphatic carbocycles. The van der Waals surface area contributed by atoms with Gasteiger partial charge in [0.1, 0.15) is 0 Å². The lowest BCUT2D eigenvalue weighted by Gasteiger charge is -1.99. The van der Waals surface area contributed by atoms with Crippen LogP contribution in [-0.4, -0.2) is 15.9 Å². The lowest BCUT2D eigenvalue weighted by Crippen LogP contribution is -2.10. The van der Waals surface area contributed by atoms with Crippen LogP contribution in [0.15, 0.2) is 42.0 Å². The van der Waals surface area contributed by atoms with Crippen LogP contribution in [0.3, 0.4) is 0 Å². The second-order valence-electron chi connectivity index (χ2n) is 3.54. The molecule has 84 valence electrons. The van der Waals surface area contributed by atoms with Gasteiger partial charge in [-0.2, -0.15) is 0 Å². The molecule has 0 atom stereocenters. The molecule has 0 bridgehead atoms. The van der Waals surface area contributed by atoms with Crippen LogP contribution in [-0.2, 0) is 0 Å². The maximum atomic E-state index is 12.0. The van der Waals surface area contributed by atoms with Gasteiger partial charge in [0.15, 0.2) is 5.13 Å². The largest absolute Gasteiger partial charge is 0.360 e. The third-order valence-corrected chi connectivity index (χ3v) is 3.18. The van der Waals surface area contributed by atoms with Crippen LogP contribution in [0.5, 0.6) is 0 Å². The summed E-state index contributed by atoms with van der Waals surface area (Å²) in [5.41, 5.74) is 1.59. The molecule has 0 aliphatic rings. The number of carbonyl (C=O) groups excluding carboxylic acids is 1. The first-order valence-electron chi connectivity index (χ1n) is 5.11. The van der Waals surface area contributed by atoms with Gasteiger partial charge in [-0.05, 0) is 6.07 Å². The Morgan fingerprint density at radius 1 is 1.35 bits per heavy atom. The fourth-order valence-electron chi connectivity index (χ4n) is 1.71. The number of H-pyrrole nitrogens is 1. The van der Waals surface area contributed by atoms with Crippen LogP contribution in [0.2, 0.25) is 0 Å². The summed E-state index contributed by atoms with van der Waals surface area (Å²) in [6.07, 6.45) is 3.38. The van der Waals surface area contributed by atoms with E-state index in [2.05, 4.69) is 15.3 Å². The average Bonchev–Trinajstić information content (AvgIpc) is 2.96. The number of hydrogen-bond acceptors (Lipinski definition) is 3. The minimum atomic E-state index is -0.141. The van der Waals surface area contributed by atoms with E-state index in [1.54, 1.807) is 12.4 Å². The van der Waals surface area contributed by atoms with Gasteiger partial charge in [-0.1, -0.05) is 18.2 Å². The summed E-state index contributed by atoms with van der Waals surface area (Å²) in [5, 5.41) is 6.12. The summed E-state index contributed by atoms with van der Waals surface area (Å²) in [6.45, 7) is 0. The van der Waals surface area contributed by atoms with Gasteiger partial charge < -0.3 is 4.98 Å². The Kier molecular flexibility index (Phi) is 2.38. The zero-order valence-electron chi connectivity index (χ0n) is 8.81. The lowest BCUT2D eigenvalue weighted by atomic mass is 10.2. The lowest BCUT2D eigenvalue weighted by molar-refractivity contribution is 0.102. The van der Waals surface area contributed by atoms with Crippen LogP contribution in [0.25, 0.3) is 10.9 Å². The highest BCUT2D eigenvalue weighted by atomic mass is 32.1. The molecule has 3 aromatic rings. The monoisotopic (exact) mass is 243 g/mol. The number of carbonyl (C=O) groups is 1. The molecule has 0 spiro atoms. The maximum Gasteiger partial charge on any atom is 0.259 e. The fraction of sp³-hybridized carbons (Fsp3) is 0. The number of fused-ring (bicyclic) bond motifs is 1. The predicted molar refractivity (Wildman–Crippen MR) is 68.4 cm³/mol. The maximum absolute atomic E-state index is 12.0. The van der Waals surface area contributed by atoms with Gasteiger partial charge in [0.25, 0.3) is 5.91 Å². The molecule has 2 aromatic heterocycles. The zero-order valence-corrected chi connectivity index (χ0v) is 9.62. The predicted octanol–water partition coefficient (Wildman–Crippen LogP) is 2.88. The van der Waals surface area contributed by atoms with Crippen molar-refractivity contribution >= 4 is 33.3 Å². The van der Waals surface area contributed by atoms with E-state index in [1.807, 2.05) is 29.6 Å². The topological polar surface area (TPSA) is 57.8 Å². The van der Waals surface area contributed by atoms with Gasteiger partial charge in [-0.15, -0.1) is 11.3 Å². The molecule has 0 fully saturated rings. The molecule has 0 aliphatic heterocycles. The van der Waals surface area contributed by atoms with Gasteiger partial charge in [0.2, 0.25) is 0 Å². The summed E-state index contributed by atoms with van der Waals surface area (Å²) in [6, 6.07) is 7.70. The molecular formula is C12H9N3OS. The van der Waals surface area contributed by atoms with E-state index in [4.69, 9.17) is 0 Å². The summed E-state index contributed by atoms with van der Waals surface area (Å²) < 4.78 is 0. The minimum Gasteiger partial charge on any atom is -0.360 e. The normalized spacial score (nSPS) is 10.6. The minimum absolute atomic E-state index is 0.141. The first-order chi connectivity index (χ1) is 8.34. The van der Waals surface area contributed by atoms with Crippen molar-refractivity contribution in [1.82, 2.24) is 9.97 Å². The molecule has 4 nitrogen and oxygen atoms in total. The average molecular weight is 243 g/mol. The van der Waals surface area contributed by atoms with Crippen LogP contribution < -0.4 is 5.32 Å². The first-order valence-corrected chi connectivity index (χ1v) is 5.99. The smallest absolute Gasteiger partial charge is 0.259 e. The molecule has 1 aromatic carbocycles. The third kappa shape index (κ3) is 1.81. The van der Waals surface area contributed by atoms with Crippen molar-refractivity contribution in [2.45, 2.75) is 0 Å². The van der Waals surface area contributed by atoms with Crippen LogP contribution in [0.4, 0.5) is 5.13 Å². The van der Waals surface area contributed by atoms with Gasteiger partial charge in [0.05, 0.1) is 5.56 Å². The molecule has 0 radical (unpaired) electrons. The SMILES string of the molecule is O=C(Nc1nccs1)c1c[nH]c2ccccc12. The Bertz CT molecular complexity index is 657. The van der Waals surface area contributed by atoms with Crippen LogP contribution >= 0.6 is 11.3 Å². The highest BCUT2D eigenvalue weighted by molar-refractivity contribution is 7.13. The zero-order chi connectivity index (χ0) is 11.7. The highest BCUT2D eigenvalue weighted by Gasteiger charge is 2.12. The Morgan fingerprint density at radius 2 is 2.24 bits per heavy atom. The Morgan fingerprint density at radius 3 is 3.06 bits per heavy atom. The van der Waals surface area contributed by atoms with Crippen LogP contribution in [0.1, 0.15) is 10.4 Å². The van der Waals surface area contributed by atoms with E-state index in [9.17, 15) is 4.79 Å². The number of aromatic nitrogens is 2. The van der Waals surface area contributed by atoms with Gasteiger partial charge in [-0.25, -0.2) is 4.98 Å². The number of nitrogens with zero attached hydrogens (tertiary/aromatic N) is 1. The number of rotatable bonds is 2. The van der Waals surface area contributed by atoms with Gasteiger partial charge in [0, 0.05) is 28.7 Å². The molecule has 5 heteroatoms. The molecule has 0 unspecified atom stereocenters. The Balaban J connectivity index is 1.96. The van der Waals surface area contributed by atoms with Crippen molar-refractivity contribution in [3.05, 3.63) is 47.6 Å². The second kappa shape index (κ2) is 4.03. The first kappa shape index (κ1) is 10.0. The number of amides is 1. The standard InChI is InChI=1S/C12H9N3OS/c16-11(15-12-13-5-6-17-12)9-7-14-10-4-2-1-3-8(9)10/h1-7,14H,(H,13,15,16). The quantitative estimate of drug-likeness (QED) is 0.727. The van der Waals surface area contributed by atoms with Crippen LogP contribution in [0, 0.1) is 0 Å².